The van der Waals surface area contributed by atoms with Crippen LogP contribution in [-0.4, -0.2) is 63.5 Å². The maximum Gasteiger partial charge on any atom is 0.0700 e. The van der Waals surface area contributed by atoms with Crippen molar-refractivity contribution in [2.45, 2.75) is 52.1 Å². The van der Waals surface area contributed by atoms with E-state index in [0.717, 1.165) is 38.1 Å². The molecule has 1 aliphatic heterocycles. The fourth-order valence-electron chi connectivity index (χ4n) is 3.37. The summed E-state index contributed by atoms with van der Waals surface area (Å²) >= 11 is 0. The Balaban J connectivity index is 1.76. The van der Waals surface area contributed by atoms with E-state index in [9.17, 15) is 0 Å². The van der Waals surface area contributed by atoms with Gasteiger partial charge in [0.2, 0.25) is 0 Å². The third-order valence-corrected chi connectivity index (χ3v) is 4.80. The molecule has 0 spiro atoms. The fourth-order valence-corrected chi connectivity index (χ4v) is 3.37. The van der Waals surface area contributed by atoms with Crippen molar-refractivity contribution in [1.29, 1.82) is 0 Å². The van der Waals surface area contributed by atoms with Gasteiger partial charge in [-0.25, -0.2) is 0 Å². The molecule has 0 amide bonds. The average Bonchev–Trinajstić information content (AvgIpc) is 3.26. The highest BCUT2D eigenvalue weighted by Gasteiger charge is 2.40. The van der Waals surface area contributed by atoms with Gasteiger partial charge in [-0.15, -0.1) is 0 Å². The van der Waals surface area contributed by atoms with Crippen LogP contribution < -0.4 is 5.32 Å². The number of ether oxygens (including phenoxy) is 2. The van der Waals surface area contributed by atoms with Crippen LogP contribution >= 0.6 is 0 Å². The summed E-state index contributed by atoms with van der Waals surface area (Å²) in [6.07, 6.45) is 3.96. The summed E-state index contributed by atoms with van der Waals surface area (Å²) in [6.45, 7) is 12.8. The van der Waals surface area contributed by atoms with E-state index in [1.807, 2.05) is 0 Å². The van der Waals surface area contributed by atoms with E-state index in [0.29, 0.717) is 24.7 Å². The molecule has 0 radical (unpaired) electrons. The SMILES string of the molecule is COCCOCCCN1CC(C2CC2)NCC1C(C)(C)C. The van der Waals surface area contributed by atoms with Crippen molar-refractivity contribution < 1.29 is 9.47 Å². The summed E-state index contributed by atoms with van der Waals surface area (Å²) < 4.78 is 10.6. The van der Waals surface area contributed by atoms with Gasteiger partial charge in [-0.3, -0.25) is 4.90 Å². The second-order valence-electron chi connectivity index (χ2n) is 7.69. The maximum absolute atomic E-state index is 5.61. The topological polar surface area (TPSA) is 33.7 Å². The molecule has 1 saturated carbocycles. The van der Waals surface area contributed by atoms with Gasteiger partial charge in [-0.05, 0) is 30.6 Å². The van der Waals surface area contributed by atoms with Gasteiger partial charge in [0.05, 0.1) is 13.2 Å². The number of nitrogens with one attached hydrogen (secondary N) is 1. The van der Waals surface area contributed by atoms with Crippen molar-refractivity contribution in [2.24, 2.45) is 11.3 Å². The van der Waals surface area contributed by atoms with Crippen molar-refractivity contribution in [3.05, 3.63) is 0 Å². The smallest absolute Gasteiger partial charge is 0.0700 e. The Morgan fingerprint density at radius 2 is 1.90 bits per heavy atom. The first-order valence-corrected chi connectivity index (χ1v) is 8.56. The Hall–Kier alpha value is -0.160. The molecule has 4 nitrogen and oxygen atoms in total. The normalized spacial score (nSPS) is 28.0. The van der Waals surface area contributed by atoms with Crippen LogP contribution in [0.2, 0.25) is 0 Å². The second-order valence-corrected chi connectivity index (χ2v) is 7.69. The Morgan fingerprint density at radius 1 is 1.14 bits per heavy atom. The van der Waals surface area contributed by atoms with Crippen LogP contribution in [0.4, 0.5) is 0 Å². The van der Waals surface area contributed by atoms with Gasteiger partial charge >= 0.3 is 0 Å². The highest BCUT2D eigenvalue weighted by molar-refractivity contribution is 4.97. The van der Waals surface area contributed by atoms with Gasteiger partial charge in [0.15, 0.2) is 0 Å². The number of hydrogen-bond acceptors (Lipinski definition) is 4. The summed E-state index contributed by atoms with van der Waals surface area (Å²) in [7, 11) is 1.72. The van der Waals surface area contributed by atoms with Crippen LogP contribution in [-0.2, 0) is 9.47 Å². The average molecular weight is 298 g/mol. The standard InChI is InChI=1S/C17H34N2O2/c1-17(2,3)16-12-18-15(14-6-7-14)13-19(16)8-5-9-21-11-10-20-4/h14-16,18H,5-13H2,1-4H3. The Labute approximate surface area is 130 Å². The van der Waals surface area contributed by atoms with Crippen LogP contribution in [0.1, 0.15) is 40.0 Å². The molecular formula is C17H34N2O2. The van der Waals surface area contributed by atoms with Crippen LogP contribution in [0.15, 0.2) is 0 Å². The largest absolute Gasteiger partial charge is 0.382 e. The molecule has 1 aliphatic carbocycles. The van der Waals surface area contributed by atoms with E-state index in [-0.39, 0.29) is 0 Å². The molecule has 2 unspecified atom stereocenters. The second kappa shape index (κ2) is 7.91. The predicted octanol–water partition coefficient (Wildman–Crippen LogP) is 2.14. The van der Waals surface area contributed by atoms with Crippen molar-refractivity contribution in [2.75, 3.05) is 46.6 Å². The highest BCUT2D eigenvalue weighted by atomic mass is 16.5. The molecule has 124 valence electrons. The molecule has 21 heavy (non-hydrogen) atoms. The van der Waals surface area contributed by atoms with Crippen LogP contribution in [0.25, 0.3) is 0 Å². The van der Waals surface area contributed by atoms with Gasteiger partial charge in [0, 0.05) is 45.4 Å². The first kappa shape index (κ1) is 17.2. The van der Waals surface area contributed by atoms with Gasteiger partial charge in [0.25, 0.3) is 0 Å². The Bertz CT molecular complexity index is 300. The molecule has 0 bridgehead atoms. The number of piperazine rings is 1. The number of rotatable bonds is 8. The van der Waals surface area contributed by atoms with Gasteiger partial charge in [-0.2, -0.15) is 0 Å². The number of nitrogens with zero attached hydrogens (tertiary/aromatic N) is 1. The molecule has 2 atom stereocenters. The monoisotopic (exact) mass is 298 g/mol. The fraction of sp³-hybridized carbons (Fsp3) is 1.00. The Morgan fingerprint density at radius 3 is 2.52 bits per heavy atom. The van der Waals surface area contributed by atoms with Gasteiger partial charge in [-0.1, -0.05) is 20.8 Å². The lowest BCUT2D eigenvalue weighted by atomic mass is 9.83. The van der Waals surface area contributed by atoms with Gasteiger partial charge < -0.3 is 14.8 Å². The third kappa shape index (κ3) is 5.51. The van der Waals surface area contributed by atoms with E-state index < -0.39 is 0 Å². The molecule has 2 fully saturated rings. The summed E-state index contributed by atoms with van der Waals surface area (Å²) in [5.74, 6) is 0.936. The number of hydrogen-bond donors (Lipinski definition) is 1. The van der Waals surface area contributed by atoms with Crippen molar-refractivity contribution in [3.63, 3.8) is 0 Å². The minimum absolute atomic E-state index is 0.332. The number of methoxy groups -OCH3 is 1. The molecule has 4 heteroatoms. The lowest BCUT2D eigenvalue weighted by molar-refractivity contribution is 0.0324. The predicted molar refractivity (Wildman–Crippen MR) is 86.6 cm³/mol. The first-order valence-electron chi connectivity index (χ1n) is 8.56. The van der Waals surface area contributed by atoms with Crippen LogP contribution in [0.3, 0.4) is 0 Å². The summed E-state index contributed by atoms with van der Waals surface area (Å²) in [6, 6.07) is 1.35. The van der Waals surface area contributed by atoms with Crippen molar-refractivity contribution in [1.82, 2.24) is 10.2 Å². The molecule has 0 aromatic carbocycles. The molecule has 2 rings (SSSR count). The summed E-state index contributed by atoms with van der Waals surface area (Å²) in [4.78, 5) is 2.71. The van der Waals surface area contributed by atoms with E-state index in [4.69, 9.17) is 9.47 Å². The van der Waals surface area contributed by atoms with E-state index in [1.54, 1.807) is 7.11 Å². The van der Waals surface area contributed by atoms with Crippen LogP contribution in [0, 0.1) is 11.3 Å². The third-order valence-electron chi connectivity index (χ3n) is 4.80. The summed E-state index contributed by atoms with van der Waals surface area (Å²) in [5.41, 5.74) is 0.332. The molecule has 1 N–H and O–H groups in total. The Kier molecular flexibility index (Phi) is 6.48. The zero-order chi connectivity index (χ0) is 15.3. The van der Waals surface area contributed by atoms with E-state index >= 15 is 0 Å². The van der Waals surface area contributed by atoms with E-state index in [2.05, 4.69) is 31.0 Å². The highest BCUT2D eigenvalue weighted by Crippen LogP contribution is 2.36. The molecule has 1 heterocycles. The molecule has 0 aromatic rings. The van der Waals surface area contributed by atoms with Crippen molar-refractivity contribution in [3.8, 4) is 0 Å². The maximum atomic E-state index is 5.61. The molecule has 1 saturated heterocycles. The minimum Gasteiger partial charge on any atom is -0.382 e. The quantitative estimate of drug-likeness (QED) is 0.696. The lowest BCUT2D eigenvalue weighted by Gasteiger charge is -2.46. The lowest BCUT2D eigenvalue weighted by Crippen LogP contribution is -2.61. The van der Waals surface area contributed by atoms with Crippen molar-refractivity contribution >= 4 is 0 Å². The summed E-state index contributed by atoms with van der Waals surface area (Å²) in [5, 5.41) is 3.80. The van der Waals surface area contributed by atoms with Crippen LogP contribution in [0.5, 0.6) is 0 Å². The zero-order valence-electron chi connectivity index (χ0n) is 14.4. The molecule has 0 aromatic heterocycles. The van der Waals surface area contributed by atoms with Gasteiger partial charge in [0.1, 0.15) is 0 Å². The first-order chi connectivity index (χ1) is 10.0. The molecular weight excluding hydrogens is 264 g/mol. The molecule has 2 aliphatic rings. The minimum atomic E-state index is 0.332. The zero-order valence-corrected chi connectivity index (χ0v) is 14.4. The van der Waals surface area contributed by atoms with E-state index in [1.165, 1.54) is 19.4 Å².